The number of aromatic nitrogens is 1. The van der Waals surface area contributed by atoms with Crippen LogP contribution in [0.25, 0.3) is 6.08 Å². The van der Waals surface area contributed by atoms with Crippen LogP contribution in [0.5, 0.6) is 0 Å². The summed E-state index contributed by atoms with van der Waals surface area (Å²) in [5.74, 6) is 0.142. The highest BCUT2D eigenvalue weighted by atomic mass is 35.5. The number of carbonyl (C=O) groups excluding carboxylic acids is 1. The maximum absolute atomic E-state index is 12.4. The normalized spacial score (nSPS) is 11.6. The third-order valence-electron chi connectivity index (χ3n) is 3.70. The first-order valence-corrected chi connectivity index (χ1v) is 10.5. The second-order valence-corrected chi connectivity index (χ2v) is 8.41. The van der Waals surface area contributed by atoms with Crippen molar-refractivity contribution in [2.45, 2.75) is 11.8 Å². The van der Waals surface area contributed by atoms with E-state index in [9.17, 15) is 13.2 Å². The molecule has 0 spiro atoms. The van der Waals surface area contributed by atoms with Crippen LogP contribution in [0.4, 0.5) is 11.5 Å². The van der Waals surface area contributed by atoms with Crippen LogP contribution in [-0.4, -0.2) is 19.5 Å². The summed E-state index contributed by atoms with van der Waals surface area (Å²) in [5.41, 5.74) is 0.947. The summed E-state index contributed by atoms with van der Waals surface area (Å²) in [5, 5.41) is 7.07. The number of nitrogens with one attached hydrogen (secondary N) is 2. The van der Waals surface area contributed by atoms with Crippen LogP contribution in [0.1, 0.15) is 11.3 Å². The number of nitrogens with zero attached hydrogens (tertiary/aromatic N) is 1. The van der Waals surface area contributed by atoms with Crippen LogP contribution in [0.2, 0.25) is 10.0 Å². The third-order valence-corrected chi connectivity index (χ3v) is 5.73. The Morgan fingerprint density at radius 1 is 1.10 bits per heavy atom. The number of carbonyl (C=O) groups is 1. The Morgan fingerprint density at radius 3 is 2.34 bits per heavy atom. The average molecular weight is 452 g/mol. The Bertz CT molecular complexity index is 1150. The van der Waals surface area contributed by atoms with Crippen molar-refractivity contribution >= 4 is 56.7 Å². The number of hydrogen-bond donors (Lipinski definition) is 2. The summed E-state index contributed by atoms with van der Waals surface area (Å²) < 4.78 is 31.8. The fraction of sp³-hybridized carbons (Fsp3) is 0.0526. The van der Waals surface area contributed by atoms with E-state index in [1.54, 1.807) is 25.1 Å². The molecule has 1 amide bonds. The quantitative estimate of drug-likeness (QED) is 0.526. The smallest absolute Gasteiger partial charge is 0.263 e. The number of rotatable bonds is 6. The van der Waals surface area contributed by atoms with E-state index in [2.05, 4.69) is 15.2 Å². The van der Waals surface area contributed by atoms with Gasteiger partial charge in [0.05, 0.1) is 4.90 Å². The van der Waals surface area contributed by atoms with Gasteiger partial charge < -0.3 is 9.84 Å². The Morgan fingerprint density at radius 2 is 1.76 bits per heavy atom. The molecule has 0 aliphatic rings. The molecule has 3 rings (SSSR count). The maximum Gasteiger partial charge on any atom is 0.263 e. The second kappa shape index (κ2) is 8.69. The Kier molecular flexibility index (Phi) is 6.26. The zero-order valence-electron chi connectivity index (χ0n) is 15.0. The highest BCUT2D eigenvalue weighted by Gasteiger charge is 2.16. The van der Waals surface area contributed by atoms with E-state index < -0.39 is 15.9 Å². The fourth-order valence-corrected chi connectivity index (χ4v) is 3.85. The van der Waals surface area contributed by atoms with Crippen molar-refractivity contribution in [1.82, 2.24) is 5.16 Å². The van der Waals surface area contributed by atoms with E-state index in [1.807, 2.05) is 0 Å². The standard InChI is InChI=1S/C19H15Cl2N3O4S/c1-12-11-18(23-28-12)24-29(26,27)14-7-5-13(6-8-14)22-19(25)10-9-15-16(20)3-2-4-17(15)21/h2-11H,1H3,(H,22,25)(H,23,24). The van der Waals surface area contributed by atoms with Gasteiger partial charge in [-0.05, 0) is 49.4 Å². The van der Waals surface area contributed by atoms with Crippen LogP contribution in [0.15, 0.2) is 64.0 Å². The minimum Gasteiger partial charge on any atom is -0.360 e. The van der Waals surface area contributed by atoms with Crippen LogP contribution in [0, 0.1) is 6.92 Å². The lowest BCUT2D eigenvalue weighted by atomic mass is 10.2. The monoisotopic (exact) mass is 451 g/mol. The number of sulfonamides is 1. The lowest BCUT2D eigenvalue weighted by Crippen LogP contribution is -2.13. The zero-order valence-corrected chi connectivity index (χ0v) is 17.3. The Balaban J connectivity index is 1.67. The molecular formula is C19H15Cl2N3O4S. The van der Waals surface area contributed by atoms with Gasteiger partial charge in [0.25, 0.3) is 10.0 Å². The molecule has 2 aromatic carbocycles. The predicted octanol–water partition coefficient (Wildman–Crippen LogP) is 4.74. The minimum atomic E-state index is -3.83. The van der Waals surface area contributed by atoms with E-state index in [0.29, 0.717) is 27.1 Å². The zero-order chi connectivity index (χ0) is 21.0. The SMILES string of the molecule is Cc1cc(NS(=O)(=O)c2ccc(NC(=O)C=Cc3c(Cl)cccc3Cl)cc2)no1. The lowest BCUT2D eigenvalue weighted by Gasteiger charge is -2.07. The van der Waals surface area contributed by atoms with Crippen molar-refractivity contribution < 1.29 is 17.7 Å². The van der Waals surface area contributed by atoms with Gasteiger partial charge in [-0.1, -0.05) is 34.4 Å². The predicted molar refractivity (Wildman–Crippen MR) is 113 cm³/mol. The maximum atomic E-state index is 12.4. The van der Waals surface area contributed by atoms with Gasteiger partial charge >= 0.3 is 0 Å². The molecule has 0 saturated carbocycles. The Hall–Kier alpha value is -2.81. The highest BCUT2D eigenvalue weighted by Crippen LogP contribution is 2.25. The molecule has 0 bridgehead atoms. The van der Waals surface area contributed by atoms with Gasteiger partial charge in [0.2, 0.25) is 5.91 Å². The number of amides is 1. The van der Waals surface area contributed by atoms with Crippen molar-refractivity contribution in [3.8, 4) is 0 Å². The second-order valence-electron chi connectivity index (χ2n) is 5.91. The summed E-state index contributed by atoms with van der Waals surface area (Å²) in [6.45, 7) is 1.65. The molecule has 2 N–H and O–H groups in total. The molecule has 10 heteroatoms. The van der Waals surface area contributed by atoms with Gasteiger partial charge in [-0.15, -0.1) is 0 Å². The summed E-state index contributed by atoms with van der Waals surface area (Å²) in [6, 6.07) is 12.2. The molecule has 1 heterocycles. The van der Waals surface area contributed by atoms with Gasteiger partial charge in [0, 0.05) is 33.4 Å². The number of benzene rings is 2. The van der Waals surface area contributed by atoms with Gasteiger partial charge in [-0.25, -0.2) is 8.42 Å². The average Bonchev–Trinajstić information content (AvgIpc) is 3.05. The highest BCUT2D eigenvalue weighted by molar-refractivity contribution is 7.92. The summed E-state index contributed by atoms with van der Waals surface area (Å²) in [4.78, 5) is 12.1. The number of halogens is 2. The molecule has 0 radical (unpaired) electrons. The molecule has 0 aliphatic heterocycles. The molecular weight excluding hydrogens is 437 g/mol. The molecule has 0 fully saturated rings. The molecule has 0 saturated heterocycles. The third kappa shape index (κ3) is 5.38. The van der Waals surface area contributed by atoms with Gasteiger partial charge in [-0.2, -0.15) is 0 Å². The Labute approximate surface area is 177 Å². The molecule has 1 aromatic heterocycles. The largest absolute Gasteiger partial charge is 0.360 e. The first-order valence-electron chi connectivity index (χ1n) is 8.24. The van der Waals surface area contributed by atoms with Crippen molar-refractivity contribution in [3.63, 3.8) is 0 Å². The van der Waals surface area contributed by atoms with Gasteiger partial charge in [0.15, 0.2) is 5.82 Å². The fourth-order valence-electron chi connectivity index (χ4n) is 2.34. The lowest BCUT2D eigenvalue weighted by molar-refractivity contribution is -0.111. The molecule has 3 aromatic rings. The summed E-state index contributed by atoms with van der Waals surface area (Å²) in [7, 11) is -3.83. The molecule has 150 valence electrons. The van der Waals surface area contributed by atoms with Crippen LogP contribution >= 0.6 is 23.2 Å². The number of anilines is 2. The summed E-state index contributed by atoms with van der Waals surface area (Å²) >= 11 is 12.1. The number of aryl methyl sites for hydroxylation is 1. The summed E-state index contributed by atoms with van der Waals surface area (Å²) in [6.07, 6.45) is 2.79. The van der Waals surface area contributed by atoms with Crippen LogP contribution in [0.3, 0.4) is 0 Å². The molecule has 29 heavy (non-hydrogen) atoms. The van der Waals surface area contributed by atoms with E-state index in [-0.39, 0.29) is 10.7 Å². The van der Waals surface area contributed by atoms with E-state index in [0.717, 1.165) is 0 Å². The topological polar surface area (TPSA) is 101 Å². The first kappa shape index (κ1) is 20.9. The molecule has 0 atom stereocenters. The number of hydrogen-bond acceptors (Lipinski definition) is 5. The van der Waals surface area contributed by atoms with Gasteiger partial charge in [-0.3, -0.25) is 9.52 Å². The van der Waals surface area contributed by atoms with E-state index in [4.69, 9.17) is 27.7 Å². The molecule has 0 unspecified atom stereocenters. The van der Waals surface area contributed by atoms with Crippen LogP contribution < -0.4 is 10.0 Å². The van der Waals surface area contributed by atoms with Crippen molar-refractivity contribution in [2.75, 3.05) is 10.0 Å². The molecule has 7 nitrogen and oxygen atoms in total. The van der Waals surface area contributed by atoms with Crippen LogP contribution in [-0.2, 0) is 14.8 Å². The minimum absolute atomic E-state index is 0.00884. The van der Waals surface area contributed by atoms with Crippen molar-refractivity contribution in [2.24, 2.45) is 0 Å². The first-order chi connectivity index (χ1) is 13.7. The molecule has 0 aliphatic carbocycles. The van der Waals surface area contributed by atoms with E-state index in [1.165, 1.54) is 42.5 Å². The van der Waals surface area contributed by atoms with E-state index >= 15 is 0 Å². The van der Waals surface area contributed by atoms with Gasteiger partial charge in [0.1, 0.15) is 5.76 Å². The van der Waals surface area contributed by atoms with Crippen molar-refractivity contribution in [3.05, 3.63) is 76.0 Å². The van der Waals surface area contributed by atoms with Crippen molar-refractivity contribution in [1.29, 1.82) is 0 Å².